The quantitative estimate of drug-likeness (QED) is 0.577. The van der Waals surface area contributed by atoms with Gasteiger partial charge in [0.2, 0.25) is 0 Å². The molecule has 0 bridgehead atoms. The third kappa shape index (κ3) is 4.73. The number of hydrogen-bond acceptors (Lipinski definition) is 5. The molecule has 0 spiro atoms. The number of halogens is 3. The molecule has 2 aromatic carbocycles. The van der Waals surface area contributed by atoms with Gasteiger partial charge in [0, 0.05) is 23.9 Å². The minimum absolute atomic E-state index is 0.101. The lowest BCUT2D eigenvalue weighted by molar-refractivity contribution is -0.0429. The van der Waals surface area contributed by atoms with E-state index in [9.17, 15) is 26.4 Å². The van der Waals surface area contributed by atoms with Crippen LogP contribution in [-0.4, -0.2) is 39.1 Å². The Balaban J connectivity index is 1.61. The highest BCUT2D eigenvalue weighted by Crippen LogP contribution is 2.37. The maximum absolute atomic E-state index is 13.0. The Hall–Kier alpha value is -3.34. The van der Waals surface area contributed by atoms with Crippen molar-refractivity contribution in [3.63, 3.8) is 0 Å². The summed E-state index contributed by atoms with van der Waals surface area (Å²) in [5, 5.41) is 0. The van der Waals surface area contributed by atoms with Gasteiger partial charge in [0.25, 0.3) is 0 Å². The van der Waals surface area contributed by atoms with E-state index in [4.69, 9.17) is 12.6 Å². The maximum atomic E-state index is 13.0. The van der Waals surface area contributed by atoms with Gasteiger partial charge in [-0.2, -0.15) is 21.6 Å². The number of nitrogens with one attached hydrogen (secondary N) is 1. The fraction of sp³-hybridized carbons (Fsp3) is 0.182. The van der Waals surface area contributed by atoms with E-state index in [1.165, 1.54) is 42.6 Å². The monoisotopic (exact) mass is 472 g/mol. The third-order valence-electron chi connectivity index (χ3n) is 5.15. The van der Waals surface area contributed by atoms with E-state index in [-0.39, 0.29) is 29.4 Å². The van der Waals surface area contributed by atoms with Crippen molar-refractivity contribution in [2.24, 2.45) is 5.92 Å². The molecule has 1 N–H and O–H groups in total. The molecule has 3 aromatic rings. The van der Waals surface area contributed by atoms with Gasteiger partial charge in [-0.15, -0.1) is 0 Å². The van der Waals surface area contributed by atoms with Crippen LogP contribution in [0.3, 0.4) is 0 Å². The topological polar surface area (TPSA) is 85.4 Å². The van der Waals surface area contributed by atoms with Gasteiger partial charge in [-0.1, -0.05) is 35.8 Å². The molecular weight excluding hydrogens is 456 g/mol. The summed E-state index contributed by atoms with van der Waals surface area (Å²) < 4.78 is 68.9. The number of carbonyl (C=O) groups is 1. The van der Waals surface area contributed by atoms with Crippen molar-refractivity contribution in [2.45, 2.75) is 11.9 Å². The summed E-state index contributed by atoms with van der Waals surface area (Å²) in [5.74, 6) is -0.328. The van der Waals surface area contributed by atoms with Crippen LogP contribution in [0.2, 0.25) is 0 Å². The lowest BCUT2D eigenvalue weighted by atomic mass is 9.89. The van der Waals surface area contributed by atoms with Crippen LogP contribution in [-0.2, 0) is 16.4 Å². The van der Waals surface area contributed by atoms with E-state index in [1.54, 1.807) is 22.9 Å². The molecule has 4 rings (SSSR count). The van der Waals surface area contributed by atoms with Crippen LogP contribution in [0.5, 0.6) is 5.75 Å². The van der Waals surface area contributed by atoms with Crippen LogP contribution in [0.1, 0.15) is 16.1 Å². The van der Waals surface area contributed by atoms with Crippen molar-refractivity contribution in [3.8, 4) is 16.9 Å². The molecular formula is C22H16BF3N2O4S. The first-order valence-corrected chi connectivity index (χ1v) is 11.2. The van der Waals surface area contributed by atoms with Gasteiger partial charge in [0.1, 0.15) is 13.6 Å². The first-order chi connectivity index (χ1) is 15.5. The molecule has 2 heterocycles. The summed E-state index contributed by atoms with van der Waals surface area (Å²) in [5.41, 5.74) is -3.57. The van der Waals surface area contributed by atoms with Crippen molar-refractivity contribution in [2.75, 3.05) is 11.3 Å². The summed E-state index contributed by atoms with van der Waals surface area (Å²) in [6.07, 6.45) is 1.87. The number of sulfonamides is 1. The van der Waals surface area contributed by atoms with Gasteiger partial charge in [-0.25, -0.2) is 0 Å². The number of ether oxygens (including phenoxy) is 1. The van der Waals surface area contributed by atoms with Gasteiger partial charge >= 0.3 is 15.5 Å². The zero-order valence-electron chi connectivity index (χ0n) is 17.0. The maximum Gasteiger partial charge on any atom is 0.516 e. The minimum atomic E-state index is -5.60. The smallest absolute Gasteiger partial charge is 0.492 e. The number of anilines is 1. The second-order valence-electron chi connectivity index (χ2n) is 7.47. The van der Waals surface area contributed by atoms with E-state index >= 15 is 0 Å². The zero-order valence-corrected chi connectivity index (χ0v) is 17.8. The van der Waals surface area contributed by atoms with Crippen LogP contribution in [0, 0.1) is 5.92 Å². The van der Waals surface area contributed by atoms with Gasteiger partial charge in [0.15, 0.2) is 5.78 Å². The predicted molar refractivity (Wildman–Crippen MR) is 117 cm³/mol. The third-order valence-corrected chi connectivity index (χ3v) is 6.25. The number of hydrogen-bond donors (Lipinski definition) is 1. The molecule has 1 unspecified atom stereocenters. The molecule has 2 radical (unpaired) electrons. The number of carbonyl (C=O) groups excluding carboxylic acids is 1. The number of pyridine rings is 1. The van der Waals surface area contributed by atoms with Crippen molar-refractivity contribution < 1.29 is 31.1 Å². The van der Waals surface area contributed by atoms with E-state index < -0.39 is 21.4 Å². The fourth-order valence-electron chi connectivity index (χ4n) is 3.49. The predicted octanol–water partition coefficient (Wildman–Crippen LogP) is 3.24. The summed E-state index contributed by atoms with van der Waals surface area (Å²) in [7, 11) is 0.0342. The highest BCUT2D eigenvalue weighted by Gasteiger charge is 2.46. The molecule has 0 saturated carbocycles. The van der Waals surface area contributed by atoms with E-state index in [1.807, 2.05) is 0 Å². The Kier molecular flexibility index (Phi) is 5.92. The summed E-state index contributed by atoms with van der Waals surface area (Å²) >= 11 is 0. The first-order valence-electron chi connectivity index (χ1n) is 9.75. The standard InChI is InChI=1S/C22H16BF3N2O4S/c23-15-6-7-16(27-11-15)9-14-12-32-20-10-13(5-8-18(20)21(14)29)17-3-1-2-4-19(17)28-33(30,31)22(24,25)26/h1-8,10-11,14,28H,9,12H2. The molecule has 0 saturated heterocycles. The molecule has 1 aromatic heterocycles. The second-order valence-corrected chi connectivity index (χ2v) is 9.14. The Bertz CT molecular complexity index is 1310. The molecule has 33 heavy (non-hydrogen) atoms. The number of para-hydroxylation sites is 1. The Morgan fingerprint density at radius 2 is 1.85 bits per heavy atom. The van der Waals surface area contributed by atoms with Crippen LogP contribution >= 0.6 is 0 Å². The van der Waals surface area contributed by atoms with Gasteiger partial charge < -0.3 is 4.74 Å². The molecule has 1 aliphatic rings. The normalized spacial score (nSPS) is 16.1. The minimum Gasteiger partial charge on any atom is -0.492 e. The van der Waals surface area contributed by atoms with E-state index in [2.05, 4.69) is 4.98 Å². The summed E-state index contributed by atoms with van der Waals surface area (Å²) in [4.78, 5) is 17.2. The second kappa shape index (κ2) is 8.55. The molecule has 6 nitrogen and oxygen atoms in total. The van der Waals surface area contributed by atoms with Crippen molar-refractivity contribution >= 4 is 34.8 Å². The summed E-state index contributed by atoms with van der Waals surface area (Å²) in [6, 6.07) is 13.6. The van der Waals surface area contributed by atoms with Gasteiger partial charge in [-0.3, -0.25) is 14.5 Å². The largest absolute Gasteiger partial charge is 0.516 e. The van der Waals surface area contributed by atoms with E-state index in [0.29, 0.717) is 28.7 Å². The number of nitrogens with zero attached hydrogens (tertiary/aromatic N) is 1. The zero-order chi connectivity index (χ0) is 23.8. The van der Waals surface area contributed by atoms with Crippen LogP contribution in [0.25, 0.3) is 11.1 Å². The van der Waals surface area contributed by atoms with E-state index in [0.717, 1.165) is 0 Å². The van der Waals surface area contributed by atoms with Crippen molar-refractivity contribution in [3.05, 3.63) is 72.1 Å². The van der Waals surface area contributed by atoms with Gasteiger partial charge in [0.05, 0.1) is 23.8 Å². The first kappa shape index (κ1) is 22.8. The average molecular weight is 472 g/mol. The number of benzene rings is 2. The van der Waals surface area contributed by atoms with Gasteiger partial charge in [-0.05, 0) is 29.8 Å². The molecule has 0 aliphatic carbocycles. The fourth-order valence-corrected chi connectivity index (χ4v) is 4.07. The number of alkyl halides is 3. The lowest BCUT2D eigenvalue weighted by Gasteiger charge is -2.25. The lowest BCUT2D eigenvalue weighted by Crippen LogP contribution is -2.30. The SMILES string of the molecule is [B]c1ccc(CC2COc3cc(-c4ccccc4NS(=O)(=O)C(F)(F)F)ccc3C2=O)nc1. The molecule has 1 atom stereocenters. The number of ketones is 1. The Labute approximate surface area is 189 Å². The molecule has 11 heteroatoms. The van der Waals surface area contributed by atoms with Crippen LogP contribution in [0.4, 0.5) is 18.9 Å². The molecule has 0 fully saturated rings. The number of Topliss-reactive ketones (excluding diaryl/α,β-unsaturated/α-hetero) is 1. The number of fused-ring (bicyclic) bond motifs is 1. The molecule has 1 aliphatic heterocycles. The number of aromatic nitrogens is 1. The van der Waals surface area contributed by atoms with Crippen LogP contribution in [0.15, 0.2) is 60.8 Å². The van der Waals surface area contributed by atoms with Crippen molar-refractivity contribution in [1.82, 2.24) is 4.98 Å². The number of rotatable bonds is 5. The molecule has 0 amide bonds. The summed E-state index contributed by atoms with van der Waals surface area (Å²) in [6.45, 7) is 0.101. The Morgan fingerprint density at radius 3 is 2.55 bits per heavy atom. The van der Waals surface area contributed by atoms with Crippen LogP contribution < -0.4 is 14.9 Å². The van der Waals surface area contributed by atoms with Crippen molar-refractivity contribution in [1.29, 1.82) is 0 Å². The Morgan fingerprint density at radius 1 is 1.09 bits per heavy atom. The average Bonchev–Trinajstić information content (AvgIpc) is 2.76. The highest BCUT2D eigenvalue weighted by molar-refractivity contribution is 7.93. The highest BCUT2D eigenvalue weighted by atomic mass is 32.2. The molecule has 168 valence electrons.